The lowest BCUT2D eigenvalue weighted by atomic mass is 9.95. The number of nitrogens with one attached hydrogen (secondary N) is 2. The number of rotatable bonds is 8. The van der Waals surface area contributed by atoms with Crippen molar-refractivity contribution in [3.8, 4) is 6.07 Å². The van der Waals surface area contributed by atoms with Crippen LogP contribution in [0.3, 0.4) is 0 Å². The van der Waals surface area contributed by atoms with Crippen molar-refractivity contribution in [2.75, 3.05) is 6.54 Å². The summed E-state index contributed by atoms with van der Waals surface area (Å²) in [6.07, 6.45) is 0.0636. The van der Waals surface area contributed by atoms with Crippen molar-refractivity contribution < 1.29 is 13.2 Å². The van der Waals surface area contributed by atoms with Gasteiger partial charge in [-0.2, -0.15) is 5.26 Å². The first-order valence-corrected chi connectivity index (χ1v) is 11.7. The van der Waals surface area contributed by atoms with E-state index < -0.39 is 16.1 Å². The predicted molar refractivity (Wildman–Crippen MR) is 124 cm³/mol. The third kappa shape index (κ3) is 5.61. The van der Waals surface area contributed by atoms with Crippen molar-refractivity contribution in [3.63, 3.8) is 0 Å². The Bertz CT molecular complexity index is 1250. The molecule has 32 heavy (non-hydrogen) atoms. The van der Waals surface area contributed by atoms with Gasteiger partial charge in [-0.05, 0) is 54.3 Å². The molecule has 0 aromatic heterocycles. The highest BCUT2D eigenvalue weighted by molar-refractivity contribution is 7.89. The van der Waals surface area contributed by atoms with Crippen molar-refractivity contribution >= 4 is 15.9 Å². The molecule has 1 amide bonds. The van der Waals surface area contributed by atoms with Gasteiger partial charge in [-0.25, -0.2) is 13.1 Å². The molecule has 0 aliphatic carbocycles. The molecule has 3 aromatic carbocycles. The minimum Gasteiger partial charge on any atom is -0.341 e. The van der Waals surface area contributed by atoms with Crippen LogP contribution in [0.15, 0.2) is 77.7 Å². The van der Waals surface area contributed by atoms with Crippen molar-refractivity contribution in [1.29, 1.82) is 5.26 Å². The molecule has 3 rings (SSSR count). The summed E-state index contributed by atoms with van der Waals surface area (Å²) in [7, 11) is -3.81. The molecular weight excluding hydrogens is 422 g/mol. The Hall–Kier alpha value is -3.47. The Morgan fingerprint density at radius 2 is 1.69 bits per heavy atom. The highest BCUT2D eigenvalue weighted by atomic mass is 32.2. The van der Waals surface area contributed by atoms with Crippen LogP contribution in [0.4, 0.5) is 0 Å². The molecule has 0 spiro atoms. The van der Waals surface area contributed by atoms with Crippen LogP contribution in [0.2, 0.25) is 0 Å². The highest BCUT2D eigenvalue weighted by Crippen LogP contribution is 2.25. The third-order valence-corrected chi connectivity index (χ3v) is 6.67. The van der Waals surface area contributed by atoms with Crippen LogP contribution < -0.4 is 10.0 Å². The van der Waals surface area contributed by atoms with Gasteiger partial charge in [0.05, 0.1) is 17.0 Å². The van der Waals surface area contributed by atoms with E-state index in [1.165, 1.54) is 18.2 Å². The van der Waals surface area contributed by atoms with E-state index >= 15 is 0 Å². The Balaban J connectivity index is 1.90. The summed E-state index contributed by atoms with van der Waals surface area (Å²) in [6.45, 7) is 4.07. The van der Waals surface area contributed by atoms with E-state index in [-0.39, 0.29) is 29.3 Å². The number of nitriles is 1. The number of nitrogens with zero attached hydrogens (tertiary/aromatic N) is 1. The lowest BCUT2D eigenvalue weighted by Crippen LogP contribution is -2.30. The molecule has 0 aliphatic rings. The van der Waals surface area contributed by atoms with Gasteiger partial charge in [0.25, 0.3) is 5.91 Å². The molecule has 0 saturated heterocycles. The number of carbonyl (C=O) groups excluding carboxylic acids is 1. The molecule has 0 heterocycles. The first-order valence-electron chi connectivity index (χ1n) is 10.2. The lowest BCUT2D eigenvalue weighted by Gasteiger charge is -2.21. The molecule has 0 fully saturated rings. The number of benzene rings is 3. The highest BCUT2D eigenvalue weighted by Gasteiger charge is 2.20. The van der Waals surface area contributed by atoms with Crippen molar-refractivity contribution in [2.45, 2.75) is 31.2 Å². The standard InChI is InChI=1S/C25H25N3O3S/c1-18-12-13-21(16-19(18)2)24(20-8-4-3-5-9-20)28-25(29)22-10-6-11-23(17-22)32(30,31)27-15-7-14-26/h3-6,8-13,16-17,24,27H,7,15H2,1-2H3,(H,28,29)/t24-/m1/s1. The second-order valence-electron chi connectivity index (χ2n) is 7.49. The van der Waals surface area contributed by atoms with Gasteiger partial charge in [-0.1, -0.05) is 54.6 Å². The number of hydrogen-bond donors (Lipinski definition) is 2. The Morgan fingerprint density at radius 3 is 2.38 bits per heavy atom. The summed E-state index contributed by atoms with van der Waals surface area (Å²) in [4.78, 5) is 13.1. The zero-order chi connectivity index (χ0) is 23.1. The minimum absolute atomic E-state index is 0.0120. The molecule has 3 aromatic rings. The van der Waals surface area contributed by atoms with E-state index in [9.17, 15) is 13.2 Å². The molecule has 0 bridgehead atoms. The van der Waals surface area contributed by atoms with Crippen LogP contribution >= 0.6 is 0 Å². The molecular formula is C25H25N3O3S. The Morgan fingerprint density at radius 1 is 0.938 bits per heavy atom. The van der Waals surface area contributed by atoms with E-state index in [4.69, 9.17) is 5.26 Å². The summed E-state index contributed by atoms with van der Waals surface area (Å²) >= 11 is 0. The zero-order valence-electron chi connectivity index (χ0n) is 18.0. The molecule has 2 N–H and O–H groups in total. The zero-order valence-corrected chi connectivity index (χ0v) is 18.8. The van der Waals surface area contributed by atoms with E-state index in [2.05, 4.69) is 10.0 Å². The molecule has 0 saturated carbocycles. The van der Waals surface area contributed by atoms with Crippen LogP contribution in [0, 0.1) is 25.2 Å². The number of carbonyl (C=O) groups is 1. The molecule has 7 heteroatoms. The van der Waals surface area contributed by atoms with Crippen LogP contribution in [0.25, 0.3) is 0 Å². The Labute approximate surface area is 189 Å². The topological polar surface area (TPSA) is 99.1 Å². The third-order valence-electron chi connectivity index (χ3n) is 5.21. The molecule has 0 aliphatic heterocycles. The number of aryl methyl sites for hydroxylation is 2. The Kier molecular flexibility index (Phi) is 7.41. The number of hydrogen-bond acceptors (Lipinski definition) is 4. The lowest BCUT2D eigenvalue weighted by molar-refractivity contribution is 0.0942. The molecule has 0 radical (unpaired) electrons. The first-order chi connectivity index (χ1) is 15.3. The summed E-state index contributed by atoms with van der Waals surface area (Å²) in [5.74, 6) is -0.383. The van der Waals surface area contributed by atoms with E-state index in [0.717, 1.165) is 22.3 Å². The van der Waals surface area contributed by atoms with Crippen LogP contribution in [0.5, 0.6) is 0 Å². The van der Waals surface area contributed by atoms with Crippen LogP contribution in [0.1, 0.15) is 45.1 Å². The van der Waals surface area contributed by atoms with Crippen molar-refractivity contribution in [3.05, 3.63) is 101 Å². The molecule has 1 atom stereocenters. The normalized spacial score (nSPS) is 12.0. The maximum Gasteiger partial charge on any atom is 0.252 e. The van der Waals surface area contributed by atoms with E-state index in [1.807, 2.05) is 68.4 Å². The van der Waals surface area contributed by atoms with Gasteiger partial charge in [0.1, 0.15) is 0 Å². The largest absolute Gasteiger partial charge is 0.341 e. The first kappa shape index (κ1) is 23.2. The monoisotopic (exact) mass is 447 g/mol. The summed E-state index contributed by atoms with van der Waals surface area (Å²) in [6, 6.07) is 23.0. The fourth-order valence-electron chi connectivity index (χ4n) is 3.29. The van der Waals surface area contributed by atoms with Crippen molar-refractivity contribution in [1.82, 2.24) is 10.0 Å². The number of sulfonamides is 1. The van der Waals surface area contributed by atoms with Gasteiger partial charge in [0.15, 0.2) is 0 Å². The van der Waals surface area contributed by atoms with Gasteiger partial charge in [-0.15, -0.1) is 0 Å². The smallest absolute Gasteiger partial charge is 0.252 e. The summed E-state index contributed by atoms with van der Waals surface area (Å²) in [5.41, 5.74) is 4.38. The minimum atomic E-state index is -3.81. The molecule has 0 unspecified atom stereocenters. The van der Waals surface area contributed by atoms with E-state index in [1.54, 1.807) is 6.07 Å². The maximum atomic E-state index is 13.1. The van der Waals surface area contributed by atoms with Gasteiger partial charge in [0, 0.05) is 18.5 Å². The average Bonchev–Trinajstić information content (AvgIpc) is 2.80. The number of amides is 1. The molecule has 6 nitrogen and oxygen atoms in total. The van der Waals surface area contributed by atoms with Gasteiger partial charge in [-0.3, -0.25) is 4.79 Å². The second kappa shape index (κ2) is 10.2. The van der Waals surface area contributed by atoms with Gasteiger partial charge in [0.2, 0.25) is 10.0 Å². The maximum absolute atomic E-state index is 13.1. The summed E-state index contributed by atoms with van der Waals surface area (Å²) in [5, 5.41) is 11.7. The van der Waals surface area contributed by atoms with Gasteiger partial charge >= 0.3 is 0 Å². The van der Waals surface area contributed by atoms with Crippen LogP contribution in [-0.4, -0.2) is 20.9 Å². The predicted octanol–water partition coefficient (Wildman–Crippen LogP) is 4.01. The second-order valence-corrected chi connectivity index (χ2v) is 9.26. The van der Waals surface area contributed by atoms with Crippen LogP contribution in [-0.2, 0) is 10.0 Å². The van der Waals surface area contributed by atoms with Gasteiger partial charge < -0.3 is 5.32 Å². The average molecular weight is 448 g/mol. The quantitative estimate of drug-likeness (QED) is 0.510. The summed E-state index contributed by atoms with van der Waals surface area (Å²) < 4.78 is 27.3. The van der Waals surface area contributed by atoms with E-state index in [0.29, 0.717) is 0 Å². The molecule has 164 valence electrons. The SMILES string of the molecule is Cc1ccc([C@H](NC(=O)c2cccc(S(=O)(=O)NCCC#N)c2)c2ccccc2)cc1C. The van der Waals surface area contributed by atoms with Crippen molar-refractivity contribution in [2.24, 2.45) is 0 Å². The fourth-order valence-corrected chi connectivity index (χ4v) is 4.37. The fraction of sp³-hybridized carbons (Fsp3) is 0.200.